The highest BCUT2D eigenvalue weighted by Gasteiger charge is 2.19. The quantitative estimate of drug-likeness (QED) is 0.865. The summed E-state index contributed by atoms with van der Waals surface area (Å²) in [5, 5.41) is 3.42. The molecule has 1 N–H and O–H groups in total. The van der Waals surface area contributed by atoms with Crippen molar-refractivity contribution < 1.29 is 14.3 Å². The van der Waals surface area contributed by atoms with E-state index in [2.05, 4.69) is 5.32 Å². The number of anilines is 1. The van der Waals surface area contributed by atoms with E-state index in [0.29, 0.717) is 22.0 Å². The number of halogens is 1. The van der Waals surface area contributed by atoms with Crippen molar-refractivity contribution in [1.82, 2.24) is 4.90 Å². The monoisotopic (exact) mass is 372 g/mol. The average Bonchev–Trinajstić information content (AvgIpc) is 3.17. The zero-order valence-electron chi connectivity index (χ0n) is 14.6. The molecule has 0 unspecified atom stereocenters. The molecule has 0 bridgehead atoms. The molecule has 0 spiro atoms. The fourth-order valence-corrected chi connectivity index (χ4v) is 2.97. The summed E-state index contributed by atoms with van der Waals surface area (Å²) in [6, 6.07) is 12.2. The Morgan fingerprint density at radius 1 is 1.12 bits per heavy atom. The van der Waals surface area contributed by atoms with Crippen LogP contribution < -0.4 is 10.1 Å². The summed E-state index contributed by atoms with van der Waals surface area (Å²) in [7, 11) is 0. The van der Waals surface area contributed by atoms with Gasteiger partial charge in [-0.15, -0.1) is 0 Å². The second kappa shape index (κ2) is 8.23. The number of nitrogens with one attached hydrogen (secondary N) is 1. The van der Waals surface area contributed by atoms with Crippen molar-refractivity contribution in [3.8, 4) is 5.75 Å². The van der Waals surface area contributed by atoms with Gasteiger partial charge in [-0.05, 0) is 67.8 Å². The third kappa shape index (κ3) is 4.55. The van der Waals surface area contributed by atoms with Gasteiger partial charge in [-0.1, -0.05) is 11.6 Å². The van der Waals surface area contributed by atoms with Gasteiger partial charge in [0.05, 0.1) is 0 Å². The number of aryl methyl sites for hydroxylation is 1. The first-order valence-corrected chi connectivity index (χ1v) is 8.99. The molecule has 6 heteroatoms. The number of ether oxygens (including phenoxy) is 1. The number of nitrogens with zero attached hydrogens (tertiary/aromatic N) is 1. The van der Waals surface area contributed by atoms with Crippen LogP contribution in [0, 0.1) is 6.92 Å². The Morgan fingerprint density at radius 2 is 1.81 bits per heavy atom. The zero-order valence-corrected chi connectivity index (χ0v) is 15.4. The number of carbonyl (C=O) groups excluding carboxylic acids is 2. The summed E-state index contributed by atoms with van der Waals surface area (Å²) in [6.45, 7) is 3.41. The summed E-state index contributed by atoms with van der Waals surface area (Å²) in [5.74, 6) is 0.367. The van der Waals surface area contributed by atoms with Crippen LogP contribution in [-0.2, 0) is 4.79 Å². The summed E-state index contributed by atoms with van der Waals surface area (Å²) in [5.41, 5.74) is 2.16. The van der Waals surface area contributed by atoms with Crippen LogP contribution in [0.2, 0.25) is 5.02 Å². The van der Waals surface area contributed by atoms with Crippen LogP contribution in [0.15, 0.2) is 42.5 Å². The molecule has 1 saturated heterocycles. The van der Waals surface area contributed by atoms with Crippen LogP contribution >= 0.6 is 11.6 Å². The Labute approximate surface area is 157 Å². The first kappa shape index (κ1) is 18.3. The Kier molecular flexibility index (Phi) is 5.78. The summed E-state index contributed by atoms with van der Waals surface area (Å²) in [4.78, 5) is 26.2. The van der Waals surface area contributed by atoms with Crippen LogP contribution in [0.4, 0.5) is 5.69 Å². The second-order valence-corrected chi connectivity index (χ2v) is 6.73. The largest absolute Gasteiger partial charge is 0.484 e. The number of rotatable bonds is 5. The number of hydrogen-bond donors (Lipinski definition) is 1. The van der Waals surface area contributed by atoms with Gasteiger partial charge >= 0.3 is 0 Å². The van der Waals surface area contributed by atoms with Gasteiger partial charge in [0.2, 0.25) is 0 Å². The summed E-state index contributed by atoms with van der Waals surface area (Å²) in [6.07, 6.45) is 2.13. The Morgan fingerprint density at radius 3 is 2.46 bits per heavy atom. The Hall–Kier alpha value is -2.53. The van der Waals surface area contributed by atoms with E-state index < -0.39 is 0 Å². The van der Waals surface area contributed by atoms with Gasteiger partial charge < -0.3 is 15.0 Å². The first-order chi connectivity index (χ1) is 12.5. The van der Waals surface area contributed by atoms with Crippen molar-refractivity contribution in [3.05, 3.63) is 58.6 Å². The molecule has 0 aliphatic carbocycles. The van der Waals surface area contributed by atoms with Crippen LogP contribution in [0.3, 0.4) is 0 Å². The number of benzene rings is 2. The van der Waals surface area contributed by atoms with Crippen LogP contribution in [0.1, 0.15) is 28.8 Å². The van der Waals surface area contributed by atoms with Crippen molar-refractivity contribution in [3.63, 3.8) is 0 Å². The Bertz CT molecular complexity index is 799. The lowest BCUT2D eigenvalue weighted by Gasteiger charge is -2.15. The van der Waals surface area contributed by atoms with Crippen molar-refractivity contribution >= 4 is 29.1 Å². The molecular weight excluding hydrogens is 352 g/mol. The average molecular weight is 373 g/mol. The minimum absolute atomic E-state index is 0.0434. The predicted octanol–water partition coefficient (Wildman–Crippen LogP) is 3.90. The smallest absolute Gasteiger partial charge is 0.262 e. The normalized spacial score (nSPS) is 13.5. The second-order valence-electron chi connectivity index (χ2n) is 6.32. The SMILES string of the molecule is Cc1cc(OCC(=O)Nc2ccc(C(=O)N3CCCC3)cc2)ccc1Cl. The van der Waals surface area contributed by atoms with Gasteiger partial charge in [0.1, 0.15) is 5.75 Å². The van der Waals surface area contributed by atoms with Gasteiger partial charge in [0.15, 0.2) is 6.61 Å². The van der Waals surface area contributed by atoms with Gasteiger partial charge in [-0.3, -0.25) is 9.59 Å². The van der Waals surface area contributed by atoms with Crippen LogP contribution in [0.5, 0.6) is 5.75 Å². The maximum absolute atomic E-state index is 12.3. The molecule has 0 atom stereocenters. The third-order valence-corrected chi connectivity index (χ3v) is 4.73. The Balaban J connectivity index is 1.52. The standard InChI is InChI=1S/C20H21ClN2O3/c1-14-12-17(8-9-18(14)21)26-13-19(24)22-16-6-4-15(5-7-16)20(25)23-10-2-3-11-23/h4-9,12H,2-3,10-11,13H2,1H3,(H,22,24). The van der Waals surface area contributed by atoms with Gasteiger partial charge in [-0.2, -0.15) is 0 Å². The lowest BCUT2D eigenvalue weighted by atomic mass is 10.2. The van der Waals surface area contributed by atoms with Crippen molar-refractivity contribution in [1.29, 1.82) is 0 Å². The lowest BCUT2D eigenvalue weighted by Crippen LogP contribution is -2.27. The highest BCUT2D eigenvalue weighted by molar-refractivity contribution is 6.31. The molecule has 1 fully saturated rings. The molecule has 1 heterocycles. The minimum Gasteiger partial charge on any atom is -0.484 e. The topological polar surface area (TPSA) is 58.6 Å². The van der Waals surface area contributed by atoms with Gasteiger partial charge in [0, 0.05) is 29.4 Å². The minimum atomic E-state index is -0.267. The van der Waals surface area contributed by atoms with Crippen molar-refractivity contribution in [2.75, 3.05) is 25.0 Å². The maximum Gasteiger partial charge on any atom is 0.262 e. The van der Waals surface area contributed by atoms with E-state index in [4.69, 9.17) is 16.3 Å². The predicted molar refractivity (Wildman–Crippen MR) is 102 cm³/mol. The van der Waals surface area contributed by atoms with E-state index in [1.807, 2.05) is 11.8 Å². The highest BCUT2D eigenvalue weighted by Crippen LogP contribution is 2.21. The summed E-state index contributed by atoms with van der Waals surface area (Å²) < 4.78 is 5.47. The van der Waals surface area contributed by atoms with E-state index in [-0.39, 0.29) is 18.4 Å². The number of likely N-dealkylation sites (tertiary alicyclic amines) is 1. The fraction of sp³-hybridized carbons (Fsp3) is 0.300. The molecule has 136 valence electrons. The zero-order chi connectivity index (χ0) is 18.5. The van der Waals surface area contributed by atoms with Crippen LogP contribution in [-0.4, -0.2) is 36.4 Å². The third-order valence-electron chi connectivity index (χ3n) is 4.31. The van der Waals surface area contributed by atoms with Crippen LogP contribution in [0.25, 0.3) is 0 Å². The van der Waals surface area contributed by atoms with Gasteiger partial charge in [-0.25, -0.2) is 0 Å². The molecule has 5 nitrogen and oxygen atoms in total. The fourth-order valence-electron chi connectivity index (χ4n) is 2.85. The van der Waals surface area contributed by atoms with E-state index in [0.717, 1.165) is 31.5 Å². The summed E-state index contributed by atoms with van der Waals surface area (Å²) >= 11 is 5.97. The number of amides is 2. The number of carbonyl (C=O) groups is 2. The number of hydrogen-bond acceptors (Lipinski definition) is 3. The first-order valence-electron chi connectivity index (χ1n) is 8.61. The molecule has 0 saturated carbocycles. The van der Waals surface area contributed by atoms with Crippen molar-refractivity contribution in [2.24, 2.45) is 0 Å². The molecule has 1 aliphatic heterocycles. The maximum atomic E-state index is 12.3. The van der Waals surface area contributed by atoms with Crippen molar-refractivity contribution in [2.45, 2.75) is 19.8 Å². The molecule has 2 amide bonds. The van der Waals surface area contributed by atoms with E-state index >= 15 is 0 Å². The molecule has 26 heavy (non-hydrogen) atoms. The molecule has 2 aromatic rings. The lowest BCUT2D eigenvalue weighted by molar-refractivity contribution is -0.118. The molecular formula is C20H21ClN2O3. The highest BCUT2D eigenvalue weighted by atomic mass is 35.5. The molecule has 0 radical (unpaired) electrons. The molecule has 2 aromatic carbocycles. The van der Waals surface area contributed by atoms with Gasteiger partial charge in [0.25, 0.3) is 11.8 Å². The molecule has 1 aliphatic rings. The molecule has 3 rings (SSSR count). The van der Waals surface area contributed by atoms with E-state index in [1.165, 1.54) is 0 Å². The molecule has 0 aromatic heterocycles. The van der Waals surface area contributed by atoms with E-state index in [9.17, 15) is 9.59 Å². The van der Waals surface area contributed by atoms with E-state index in [1.54, 1.807) is 42.5 Å².